The molecular weight excluding hydrogens is 234 g/mol. The van der Waals surface area contributed by atoms with Crippen molar-refractivity contribution in [1.29, 1.82) is 0 Å². The fourth-order valence-corrected chi connectivity index (χ4v) is 3.19. The van der Waals surface area contributed by atoms with Gasteiger partial charge in [0.05, 0.1) is 12.2 Å². The van der Waals surface area contributed by atoms with Gasteiger partial charge in [0.1, 0.15) is 0 Å². The number of rotatable bonds is 7. The van der Waals surface area contributed by atoms with Crippen molar-refractivity contribution in [3.63, 3.8) is 0 Å². The molecule has 0 aromatic heterocycles. The first-order chi connectivity index (χ1) is 8.90. The van der Waals surface area contributed by atoms with Gasteiger partial charge in [-0.25, -0.2) is 0 Å². The molecule has 114 valence electrons. The summed E-state index contributed by atoms with van der Waals surface area (Å²) >= 11 is 0. The van der Waals surface area contributed by atoms with Crippen LogP contribution in [0.15, 0.2) is 0 Å². The monoisotopic (exact) mass is 269 g/mol. The highest BCUT2D eigenvalue weighted by Gasteiger charge is 2.32. The third-order valence-corrected chi connectivity index (χ3v) is 4.35. The third kappa shape index (κ3) is 6.27. The lowest BCUT2D eigenvalue weighted by Crippen LogP contribution is -2.39. The molecule has 0 radical (unpaired) electrons. The van der Waals surface area contributed by atoms with Gasteiger partial charge in [0, 0.05) is 6.54 Å². The Bertz CT molecular complexity index is 239. The summed E-state index contributed by atoms with van der Waals surface area (Å²) < 4.78 is 6.35. The molecule has 1 saturated carbocycles. The molecule has 0 saturated heterocycles. The van der Waals surface area contributed by atoms with Gasteiger partial charge in [-0.05, 0) is 50.0 Å². The Kier molecular flexibility index (Phi) is 7.38. The minimum atomic E-state index is 0.329. The summed E-state index contributed by atoms with van der Waals surface area (Å²) in [4.78, 5) is 0. The van der Waals surface area contributed by atoms with E-state index in [1.165, 1.54) is 19.3 Å². The molecule has 0 aliphatic heterocycles. The van der Waals surface area contributed by atoms with Gasteiger partial charge in [0.15, 0.2) is 0 Å². The third-order valence-electron chi connectivity index (χ3n) is 4.35. The van der Waals surface area contributed by atoms with Crippen LogP contribution in [-0.4, -0.2) is 25.3 Å². The first-order valence-electron chi connectivity index (χ1n) is 8.26. The first kappa shape index (κ1) is 17.0. The Morgan fingerprint density at radius 2 is 1.74 bits per heavy atom. The van der Waals surface area contributed by atoms with E-state index in [9.17, 15) is 0 Å². The van der Waals surface area contributed by atoms with Crippen molar-refractivity contribution in [3.05, 3.63) is 0 Å². The van der Waals surface area contributed by atoms with Gasteiger partial charge in [-0.1, -0.05) is 41.0 Å². The van der Waals surface area contributed by atoms with Crippen LogP contribution in [0.1, 0.15) is 60.8 Å². The van der Waals surface area contributed by atoms with Crippen molar-refractivity contribution in [2.45, 2.75) is 73.0 Å². The van der Waals surface area contributed by atoms with Crippen LogP contribution in [0.25, 0.3) is 0 Å². The lowest BCUT2D eigenvalue weighted by atomic mass is 9.75. The summed E-state index contributed by atoms with van der Waals surface area (Å²) in [5, 5.41) is 3.50. The van der Waals surface area contributed by atoms with E-state index in [0.29, 0.717) is 18.1 Å². The summed E-state index contributed by atoms with van der Waals surface area (Å²) in [6.45, 7) is 15.8. The molecule has 0 heterocycles. The van der Waals surface area contributed by atoms with E-state index in [0.717, 1.165) is 30.8 Å². The quantitative estimate of drug-likeness (QED) is 0.751. The van der Waals surface area contributed by atoms with Crippen LogP contribution in [0.2, 0.25) is 0 Å². The van der Waals surface area contributed by atoms with E-state index in [2.05, 4.69) is 46.9 Å². The maximum atomic E-state index is 6.35. The summed E-state index contributed by atoms with van der Waals surface area (Å²) in [6.07, 6.45) is 4.77. The minimum absolute atomic E-state index is 0.329. The molecule has 0 aromatic rings. The Morgan fingerprint density at radius 3 is 2.32 bits per heavy atom. The van der Waals surface area contributed by atoms with Gasteiger partial charge < -0.3 is 10.1 Å². The van der Waals surface area contributed by atoms with Crippen LogP contribution >= 0.6 is 0 Å². The van der Waals surface area contributed by atoms with Gasteiger partial charge in [0.25, 0.3) is 0 Å². The number of hydrogen-bond acceptors (Lipinski definition) is 2. The SMILES string of the molecule is CC(C)CNCC(C)OC1CC(C)CCC1C(C)C. The highest BCUT2D eigenvalue weighted by Crippen LogP contribution is 2.35. The van der Waals surface area contributed by atoms with Crippen LogP contribution in [0.4, 0.5) is 0 Å². The Morgan fingerprint density at radius 1 is 1.05 bits per heavy atom. The molecule has 19 heavy (non-hydrogen) atoms. The molecule has 1 rings (SSSR count). The van der Waals surface area contributed by atoms with Gasteiger partial charge in [-0.2, -0.15) is 0 Å². The molecular formula is C17H35NO. The number of hydrogen-bond donors (Lipinski definition) is 1. The van der Waals surface area contributed by atoms with E-state index in [4.69, 9.17) is 4.74 Å². The Labute approximate surface area is 120 Å². The van der Waals surface area contributed by atoms with Crippen molar-refractivity contribution in [2.24, 2.45) is 23.7 Å². The fourth-order valence-electron chi connectivity index (χ4n) is 3.19. The van der Waals surface area contributed by atoms with Crippen molar-refractivity contribution < 1.29 is 4.74 Å². The molecule has 1 N–H and O–H groups in total. The van der Waals surface area contributed by atoms with Crippen molar-refractivity contribution >= 4 is 0 Å². The molecule has 0 spiro atoms. The van der Waals surface area contributed by atoms with Crippen LogP contribution in [-0.2, 0) is 4.74 Å². The summed E-state index contributed by atoms with van der Waals surface area (Å²) in [5.41, 5.74) is 0. The first-order valence-corrected chi connectivity index (χ1v) is 8.26. The molecule has 0 aromatic carbocycles. The van der Waals surface area contributed by atoms with Gasteiger partial charge in [-0.15, -0.1) is 0 Å². The van der Waals surface area contributed by atoms with Crippen molar-refractivity contribution in [1.82, 2.24) is 5.32 Å². The van der Waals surface area contributed by atoms with Crippen molar-refractivity contribution in [3.8, 4) is 0 Å². The highest BCUT2D eigenvalue weighted by atomic mass is 16.5. The van der Waals surface area contributed by atoms with Crippen LogP contribution in [0.3, 0.4) is 0 Å². The molecule has 2 nitrogen and oxygen atoms in total. The zero-order valence-corrected chi connectivity index (χ0v) is 13.9. The van der Waals surface area contributed by atoms with E-state index >= 15 is 0 Å². The molecule has 1 aliphatic rings. The molecule has 2 heteroatoms. The van der Waals surface area contributed by atoms with E-state index in [1.807, 2.05) is 0 Å². The smallest absolute Gasteiger partial charge is 0.0675 e. The van der Waals surface area contributed by atoms with Crippen LogP contribution in [0, 0.1) is 23.7 Å². The largest absolute Gasteiger partial charge is 0.374 e. The number of nitrogens with one attached hydrogen (secondary N) is 1. The lowest BCUT2D eigenvalue weighted by molar-refractivity contribution is -0.0727. The summed E-state index contributed by atoms with van der Waals surface area (Å²) in [5.74, 6) is 3.04. The molecule has 1 aliphatic carbocycles. The van der Waals surface area contributed by atoms with Gasteiger partial charge in [0.2, 0.25) is 0 Å². The normalized spacial score (nSPS) is 30.0. The lowest BCUT2D eigenvalue weighted by Gasteiger charge is -2.38. The van der Waals surface area contributed by atoms with E-state index < -0.39 is 0 Å². The molecule has 0 amide bonds. The summed E-state index contributed by atoms with van der Waals surface area (Å²) in [7, 11) is 0. The van der Waals surface area contributed by atoms with Crippen LogP contribution in [0.5, 0.6) is 0 Å². The van der Waals surface area contributed by atoms with E-state index in [1.54, 1.807) is 0 Å². The highest BCUT2D eigenvalue weighted by molar-refractivity contribution is 4.82. The topological polar surface area (TPSA) is 21.3 Å². The fraction of sp³-hybridized carbons (Fsp3) is 1.00. The van der Waals surface area contributed by atoms with Gasteiger partial charge in [-0.3, -0.25) is 0 Å². The predicted octanol–water partition coefficient (Wildman–Crippen LogP) is 4.10. The Balaban J connectivity index is 2.38. The average molecular weight is 269 g/mol. The second-order valence-corrected chi connectivity index (χ2v) is 7.36. The molecule has 1 fully saturated rings. The van der Waals surface area contributed by atoms with Gasteiger partial charge >= 0.3 is 0 Å². The van der Waals surface area contributed by atoms with Crippen molar-refractivity contribution in [2.75, 3.05) is 13.1 Å². The predicted molar refractivity (Wildman–Crippen MR) is 83.4 cm³/mol. The van der Waals surface area contributed by atoms with E-state index in [-0.39, 0.29) is 0 Å². The van der Waals surface area contributed by atoms with Crippen LogP contribution < -0.4 is 5.32 Å². The molecule has 4 atom stereocenters. The second kappa shape index (κ2) is 8.26. The molecule has 0 bridgehead atoms. The molecule has 4 unspecified atom stereocenters. The minimum Gasteiger partial charge on any atom is -0.374 e. The zero-order valence-electron chi connectivity index (χ0n) is 13.9. The average Bonchev–Trinajstić information content (AvgIpc) is 2.27. The summed E-state index contributed by atoms with van der Waals surface area (Å²) in [6, 6.07) is 0. The second-order valence-electron chi connectivity index (χ2n) is 7.36. The standard InChI is InChI=1S/C17H35NO/c1-12(2)10-18-11-15(6)19-17-9-14(5)7-8-16(17)13(3)4/h12-18H,7-11H2,1-6H3. The maximum Gasteiger partial charge on any atom is 0.0675 e. The Hall–Kier alpha value is -0.0800. The maximum absolute atomic E-state index is 6.35. The number of ether oxygens (including phenoxy) is 1. The zero-order chi connectivity index (χ0) is 14.4.